The van der Waals surface area contributed by atoms with E-state index in [4.69, 9.17) is 9.47 Å². The second-order valence-corrected chi connectivity index (χ2v) is 6.04. The third-order valence-electron chi connectivity index (χ3n) is 4.42. The van der Waals surface area contributed by atoms with Crippen LogP contribution in [0.15, 0.2) is 48.5 Å². The van der Waals surface area contributed by atoms with E-state index in [-0.39, 0.29) is 24.8 Å². The fraction of sp³-hybridized carbons (Fsp3) is 0.250. The molecule has 0 aliphatic carbocycles. The summed E-state index contributed by atoms with van der Waals surface area (Å²) in [6.07, 6.45) is 0. The molecule has 0 spiro atoms. The standard InChI is InChI=1S/C20H20N2O5/c1-26-16-7-3-14(4-8-16)18(23)13-21-11-12-22(20(21)25)19(24)15-5-9-17(27-2)10-6-15/h3-10H,11-13H2,1-2H3. The highest BCUT2D eigenvalue weighted by Crippen LogP contribution is 2.18. The number of benzene rings is 2. The van der Waals surface area contributed by atoms with Crippen LogP contribution in [0.4, 0.5) is 4.79 Å². The van der Waals surface area contributed by atoms with Crippen LogP contribution < -0.4 is 9.47 Å². The Morgan fingerprint density at radius 2 is 1.37 bits per heavy atom. The minimum atomic E-state index is -0.460. The lowest BCUT2D eigenvalue weighted by molar-refractivity contribution is 0.0815. The number of Topliss-reactive ketones (excluding diaryl/α,β-unsaturated/α-hetero) is 1. The van der Waals surface area contributed by atoms with Crippen molar-refractivity contribution in [1.82, 2.24) is 9.80 Å². The molecule has 1 aliphatic heterocycles. The molecule has 0 unspecified atom stereocenters. The lowest BCUT2D eigenvalue weighted by atomic mass is 10.1. The van der Waals surface area contributed by atoms with Gasteiger partial charge in [0.05, 0.1) is 20.8 Å². The molecular formula is C20H20N2O5. The van der Waals surface area contributed by atoms with Crippen molar-refractivity contribution in [2.75, 3.05) is 33.9 Å². The first-order valence-corrected chi connectivity index (χ1v) is 8.45. The first-order valence-electron chi connectivity index (χ1n) is 8.45. The molecule has 3 rings (SSSR count). The van der Waals surface area contributed by atoms with Crippen LogP contribution in [0.1, 0.15) is 20.7 Å². The Hall–Kier alpha value is -3.35. The van der Waals surface area contributed by atoms with Gasteiger partial charge in [0.15, 0.2) is 5.78 Å². The van der Waals surface area contributed by atoms with Crippen molar-refractivity contribution < 1.29 is 23.9 Å². The quantitative estimate of drug-likeness (QED) is 0.732. The highest BCUT2D eigenvalue weighted by Gasteiger charge is 2.34. The smallest absolute Gasteiger partial charge is 0.327 e. The summed E-state index contributed by atoms with van der Waals surface area (Å²) in [4.78, 5) is 40.1. The molecule has 0 atom stereocenters. The largest absolute Gasteiger partial charge is 0.497 e. The lowest BCUT2D eigenvalue weighted by Gasteiger charge is -2.17. The summed E-state index contributed by atoms with van der Waals surface area (Å²) in [5.41, 5.74) is 0.885. The predicted octanol–water partition coefficient (Wildman–Crippen LogP) is 2.46. The summed E-state index contributed by atoms with van der Waals surface area (Å²) < 4.78 is 10.1. The molecule has 1 fully saturated rings. The highest BCUT2D eigenvalue weighted by atomic mass is 16.5. The average Bonchev–Trinajstić information content (AvgIpc) is 3.07. The number of methoxy groups -OCH3 is 2. The monoisotopic (exact) mass is 368 g/mol. The van der Waals surface area contributed by atoms with Crippen molar-refractivity contribution in [3.8, 4) is 11.5 Å². The minimum absolute atomic E-state index is 0.0719. The summed E-state index contributed by atoms with van der Waals surface area (Å²) in [6.45, 7) is 0.500. The molecule has 0 aromatic heterocycles. The molecular weight excluding hydrogens is 348 g/mol. The number of ether oxygens (including phenoxy) is 2. The maximum atomic E-state index is 12.6. The highest BCUT2D eigenvalue weighted by molar-refractivity contribution is 6.06. The molecule has 0 radical (unpaired) electrons. The summed E-state index contributed by atoms with van der Waals surface area (Å²) in [5, 5.41) is 0. The molecule has 7 heteroatoms. The van der Waals surface area contributed by atoms with Gasteiger partial charge >= 0.3 is 6.03 Å². The van der Waals surface area contributed by atoms with E-state index in [1.807, 2.05) is 0 Å². The van der Waals surface area contributed by atoms with Gasteiger partial charge in [-0.3, -0.25) is 14.5 Å². The Bertz CT molecular complexity index is 846. The van der Waals surface area contributed by atoms with Gasteiger partial charge in [-0.05, 0) is 48.5 Å². The number of ketones is 1. The Labute approximate surface area is 157 Å². The molecule has 0 bridgehead atoms. The van der Waals surface area contributed by atoms with Crippen molar-refractivity contribution in [1.29, 1.82) is 0 Å². The molecule has 1 aliphatic rings. The van der Waals surface area contributed by atoms with Gasteiger partial charge in [-0.15, -0.1) is 0 Å². The molecule has 2 aromatic rings. The van der Waals surface area contributed by atoms with Gasteiger partial charge in [-0.25, -0.2) is 4.79 Å². The predicted molar refractivity (Wildman–Crippen MR) is 98.3 cm³/mol. The zero-order valence-electron chi connectivity index (χ0n) is 15.2. The number of amides is 3. The molecule has 7 nitrogen and oxygen atoms in total. The fourth-order valence-electron chi connectivity index (χ4n) is 2.85. The zero-order chi connectivity index (χ0) is 19.4. The molecule has 1 saturated heterocycles. The second-order valence-electron chi connectivity index (χ2n) is 6.04. The van der Waals surface area contributed by atoms with Gasteiger partial charge in [0.25, 0.3) is 5.91 Å². The van der Waals surface area contributed by atoms with E-state index in [0.29, 0.717) is 29.2 Å². The summed E-state index contributed by atoms with van der Waals surface area (Å²) in [5.74, 6) is 0.706. The molecule has 27 heavy (non-hydrogen) atoms. The van der Waals surface area contributed by atoms with E-state index >= 15 is 0 Å². The molecule has 140 valence electrons. The SMILES string of the molecule is COc1ccc(C(=O)CN2CCN(C(=O)c3ccc(OC)cc3)C2=O)cc1. The maximum absolute atomic E-state index is 12.6. The van der Waals surface area contributed by atoms with E-state index in [9.17, 15) is 14.4 Å². The van der Waals surface area contributed by atoms with Crippen LogP contribution >= 0.6 is 0 Å². The molecule has 0 saturated carbocycles. The first-order chi connectivity index (χ1) is 13.0. The zero-order valence-corrected chi connectivity index (χ0v) is 15.2. The van der Waals surface area contributed by atoms with E-state index in [0.717, 1.165) is 4.90 Å². The molecule has 3 amide bonds. The first kappa shape index (κ1) is 18.4. The number of urea groups is 1. The summed E-state index contributed by atoms with van der Waals surface area (Å²) in [7, 11) is 3.09. The Morgan fingerprint density at radius 1 is 0.852 bits per heavy atom. The van der Waals surface area contributed by atoms with Crippen molar-refractivity contribution >= 4 is 17.7 Å². The van der Waals surface area contributed by atoms with Crippen molar-refractivity contribution in [2.24, 2.45) is 0 Å². The van der Waals surface area contributed by atoms with Crippen LogP contribution in [0.5, 0.6) is 11.5 Å². The number of imide groups is 1. The molecule has 0 N–H and O–H groups in total. The van der Waals surface area contributed by atoms with Crippen LogP contribution in [-0.4, -0.2) is 61.4 Å². The maximum Gasteiger partial charge on any atom is 0.327 e. The minimum Gasteiger partial charge on any atom is -0.497 e. The number of carbonyl (C=O) groups is 3. The van der Waals surface area contributed by atoms with Crippen LogP contribution in [0.25, 0.3) is 0 Å². The Morgan fingerprint density at radius 3 is 1.89 bits per heavy atom. The fourth-order valence-corrected chi connectivity index (χ4v) is 2.85. The normalized spacial score (nSPS) is 13.6. The Kier molecular flexibility index (Phi) is 5.40. The van der Waals surface area contributed by atoms with Crippen molar-refractivity contribution in [3.05, 3.63) is 59.7 Å². The van der Waals surface area contributed by atoms with Crippen LogP contribution in [0.3, 0.4) is 0 Å². The molecule has 2 aromatic carbocycles. The van der Waals surface area contributed by atoms with Gasteiger partial charge in [-0.2, -0.15) is 0 Å². The van der Waals surface area contributed by atoms with E-state index < -0.39 is 6.03 Å². The third-order valence-corrected chi connectivity index (χ3v) is 4.42. The number of nitrogens with zero attached hydrogens (tertiary/aromatic N) is 2. The van der Waals surface area contributed by atoms with Gasteiger partial charge < -0.3 is 14.4 Å². The van der Waals surface area contributed by atoms with Gasteiger partial charge in [0.2, 0.25) is 0 Å². The second kappa shape index (κ2) is 7.90. The number of hydrogen-bond acceptors (Lipinski definition) is 5. The van der Waals surface area contributed by atoms with E-state index in [1.165, 1.54) is 4.90 Å². The van der Waals surface area contributed by atoms with Gasteiger partial charge in [0, 0.05) is 24.2 Å². The lowest BCUT2D eigenvalue weighted by Crippen LogP contribution is -2.38. The summed E-state index contributed by atoms with van der Waals surface area (Å²) >= 11 is 0. The van der Waals surface area contributed by atoms with E-state index in [1.54, 1.807) is 62.8 Å². The average molecular weight is 368 g/mol. The van der Waals surface area contributed by atoms with E-state index in [2.05, 4.69) is 0 Å². The van der Waals surface area contributed by atoms with Crippen LogP contribution in [-0.2, 0) is 0 Å². The van der Waals surface area contributed by atoms with Gasteiger partial charge in [0.1, 0.15) is 11.5 Å². The van der Waals surface area contributed by atoms with Crippen LogP contribution in [0.2, 0.25) is 0 Å². The van der Waals surface area contributed by atoms with Crippen LogP contribution in [0, 0.1) is 0 Å². The van der Waals surface area contributed by atoms with Crippen molar-refractivity contribution in [3.63, 3.8) is 0 Å². The Balaban J connectivity index is 1.64. The summed E-state index contributed by atoms with van der Waals surface area (Å²) in [6, 6.07) is 12.8. The van der Waals surface area contributed by atoms with Crippen molar-refractivity contribution in [2.45, 2.75) is 0 Å². The number of hydrogen-bond donors (Lipinski definition) is 0. The third kappa shape index (κ3) is 3.92. The van der Waals surface area contributed by atoms with Gasteiger partial charge in [-0.1, -0.05) is 0 Å². The molecule has 1 heterocycles. The number of rotatable bonds is 6. The topological polar surface area (TPSA) is 76.2 Å². The number of carbonyl (C=O) groups excluding carboxylic acids is 3.